The molecular weight excluding hydrogens is 222 g/mol. The lowest BCUT2D eigenvalue weighted by Gasteiger charge is -2.28. The lowest BCUT2D eigenvalue weighted by Crippen LogP contribution is -2.19. The Morgan fingerprint density at radius 2 is 1.94 bits per heavy atom. The van der Waals surface area contributed by atoms with E-state index in [2.05, 4.69) is 34.9 Å². The van der Waals surface area contributed by atoms with Crippen molar-refractivity contribution in [2.45, 2.75) is 58.9 Å². The lowest BCUT2D eigenvalue weighted by atomic mass is 9.81. The molecule has 0 unspecified atom stereocenters. The average molecular weight is 249 g/mol. The molecule has 2 rings (SSSR count). The van der Waals surface area contributed by atoms with E-state index in [9.17, 15) is 0 Å². The van der Waals surface area contributed by atoms with Gasteiger partial charge in [-0.05, 0) is 31.1 Å². The van der Waals surface area contributed by atoms with Crippen LogP contribution >= 0.6 is 0 Å². The van der Waals surface area contributed by atoms with Crippen LogP contribution in [0.3, 0.4) is 0 Å². The molecule has 1 aliphatic rings. The minimum Gasteiger partial charge on any atom is -0.356 e. The Kier molecular flexibility index (Phi) is 5.09. The van der Waals surface area contributed by atoms with E-state index in [1.807, 2.05) is 6.20 Å². The van der Waals surface area contributed by atoms with E-state index in [0.29, 0.717) is 0 Å². The van der Waals surface area contributed by atoms with Gasteiger partial charge in [-0.2, -0.15) is 0 Å². The SMILES string of the molecule is CCCNc1nccn1CC1CCC(CC)CC1. The molecule has 0 aliphatic heterocycles. The summed E-state index contributed by atoms with van der Waals surface area (Å²) < 4.78 is 2.30. The van der Waals surface area contributed by atoms with Crippen LogP contribution in [-0.4, -0.2) is 16.1 Å². The fraction of sp³-hybridized carbons (Fsp3) is 0.800. The van der Waals surface area contributed by atoms with E-state index >= 15 is 0 Å². The van der Waals surface area contributed by atoms with Gasteiger partial charge >= 0.3 is 0 Å². The van der Waals surface area contributed by atoms with Crippen LogP contribution in [-0.2, 0) is 6.54 Å². The van der Waals surface area contributed by atoms with Crippen LogP contribution in [0.4, 0.5) is 5.95 Å². The van der Waals surface area contributed by atoms with Gasteiger partial charge in [-0.3, -0.25) is 0 Å². The van der Waals surface area contributed by atoms with Gasteiger partial charge in [-0.25, -0.2) is 4.98 Å². The third kappa shape index (κ3) is 3.50. The molecule has 1 N–H and O–H groups in total. The summed E-state index contributed by atoms with van der Waals surface area (Å²) in [6, 6.07) is 0. The first-order valence-corrected chi connectivity index (χ1v) is 7.58. The van der Waals surface area contributed by atoms with Crippen LogP contribution < -0.4 is 5.32 Å². The number of nitrogens with one attached hydrogen (secondary N) is 1. The number of nitrogens with zero attached hydrogens (tertiary/aromatic N) is 2. The van der Waals surface area contributed by atoms with Crippen LogP contribution in [0, 0.1) is 11.8 Å². The zero-order chi connectivity index (χ0) is 12.8. The summed E-state index contributed by atoms with van der Waals surface area (Å²) in [5.74, 6) is 2.89. The molecular formula is C15H27N3. The van der Waals surface area contributed by atoms with E-state index in [1.165, 1.54) is 32.1 Å². The highest BCUT2D eigenvalue weighted by molar-refractivity contribution is 5.25. The smallest absolute Gasteiger partial charge is 0.202 e. The van der Waals surface area contributed by atoms with Crippen molar-refractivity contribution in [2.75, 3.05) is 11.9 Å². The molecule has 1 aromatic rings. The van der Waals surface area contributed by atoms with Crippen LogP contribution in [0.1, 0.15) is 52.4 Å². The highest BCUT2D eigenvalue weighted by Crippen LogP contribution is 2.31. The molecule has 0 saturated heterocycles. The van der Waals surface area contributed by atoms with E-state index in [1.54, 1.807) is 0 Å². The molecule has 102 valence electrons. The largest absolute Gasteiger partial charge is 0.356 e. The number of anilines is 1. The van der Waals surface area contributed by atoms with Gasteiger partial charge in [0.15, 0.2) is 0 Å². The summed E-state index contributed by atoms with van der Waals surface area (Å²) in [5, 5.41) is 3.40. The van der Waals surface area contributed by atoms with E-state index in [4.69, 9.17) is 0 Å². The molecule has 0 aromatic carbocycles. The van der Waals surface area contributed by atoms with Crippen LogP contribution in [0.2, 0.25) is 0 Å². The maximum Gasteiger partial charge on any atom is 0.202 e. The molecule has 1 saturated carbocycles. The van der Waals surface area contributed by atoms with E-state index < -0.39 is 0 Å². The molecule has 1 aliphatic carbocycles. The molecule has 3 nitrogen and oxygen atoms in total. The minimum absolute atomic E-state index is 0.851. The zero-order valence-corrected chi connectivity index (χ0v) is 11.9. The highest BCUT2D eigenvalue weighted by Gasteiger charge is 2.20. The van der Waals surface area contributed by atoms with Gasteiger partial charge in [0.1, 0.15) is 0 Å². The Morgan fingerprint density at radius 3 is 2.61 bits per heavy atom. The second-order valence-electron chi connectivity index (χ2n) is 5.62. The Bertz CT molecular complexity index is 337. The first kappa shape index (κ1) is 13.4. The van der Waals surface area contributed by atoms with Gasteiger partial charge in [0.2, 0.25) is 5.95 Å². The van der Waals surface area contributed by atoms with Crippen molar-refractivity contribution in [3.8, 4) is 0 Å². The number of hydrogen-bond donors (Lipinski definition) is 1. The Balaban J connectivity index is 1.84. The summed E-state index contributed by atoms with van der Waals surface area (Å²) in [7, 11) is 0. The third-order valence-electron chi connectivity index (χ3n) is 4.25. The first-order chi connectivity index (χ1) is 8.83. The second-order valence-corrected chi connectivity index (χ2v) is 5.62. The summed E-state index contributed by atoms with van der Waals surface area (Å²) in [6.07, 6.45) is 12.2. The molecule has 0 amide bonds. The fourth-order valence-electron chi connectivity index (χ4n) is 2.96. The Labute approximate surface area is 111 Å². The van der Waals surface area contributed by atoms with Gasteiger partial charge in [0, 0.05) is 25.5 Å². The number of imidazole rings is 1. The topological polar surface area (TPSA) is 29.9 Å². The molecule has 18 heavy (non-hydrogen) atoms. The zero-order valence-electron chi connectivity index (χ0n) is 11.9. The maximum absolute atomic E-state index is 4.40. The summed E-state index contributed by atoms with van der Waals surface area (Å²) in [5.41, 5.74) is 0. The average Bonchev–Trinajstić information content (AvgIpc) is 2.84. The van der Waals surface area contributed by atoms with Crippen molar-refractivity contribution in [3.63, 3.8) is 0 Å². The maximum atomic E-state index is 4.40. The molecule has 0 bridgehead atoms. The Morgan fingerprint density at radius 1 is 1.22 bits per heavy atom. The predicted molar refractivity (Wildman–Crippen MR) is 76.7 cm³/mol. The van der Waals surface area contributed by atoms with Crippen molar-refractivity contribution in [1.82, 2.24) is 9.55 Å². The molecule has 1 heterocycles. The molecule has 0 radical (unpaired) electrons. The summed E-state index contributed by atoms with van der Waals surface area (Å²) in [4.78, 5) is 4.40. The first-order valence-electron chi connectivity index (χ1n) is 7.58. The van der Waals surface area contributed by atoms with E-state index in [-0.39, 0.29) is 0 Å². The molecule has 1 fully saturated rings. The normalized spacial score (nSPS) is 24.1. The van der Waals surface area contributed by atoms with Crippen LogP contribution in [0.5, 0.6) is 0 Å². The molecule has 0 spiro atoms. The quantitative estimate of drug-likeness (QED) is 0.828. The molecule has 3 heteroatoms. The van der Waals surface area contributed by atoms with Crippen molar-refractivity contribution in [3.05, 3.63) is 12.4 Å². The van der Waals surface area contributed by atoms with E-state index in [0.717, 1.165) is 37.3 Å². The van der Waals surface area contributed by atoms with Gasteiger partial charge in [-0.15, -0.1) is 0 Å². The predicted octanol–water partition coefficient (Wildman–Crippen LogP) is 3.92. The number of aromatic nitrogens is 2. The standard InChI is InChI=1S/C15H27N3/c1-3-9-16-15-17-10-11-18(15)12-14-7-5-13(4-2)6-8-14/h10-11,13-14H,3-9,12H2,1-2H3,(H,16,17). The fourth-order valence-corrected chi connectivity index (χ4v) is 2.96. The van der Waals surface area contributed by atoms with Crippen molar-refractivity contribution in [2.24, 2.45) is 11.8 Å². The van der Waals surface area contributed by atoms with Crippen molar-refractivity contribution >= 4 is 5.95 Å². The summed E-state index contributed by atoms with van der Waals surface area (Å²) >= 11 is 0. The minimum atomic E-state index is 0.851. The van der Waals surface area contributed by atoms with Crippen LogP contribution in [0.15, 0.2) is 12.4 Å². The third-order valence-corrected chi connectivity index (χ3v) is 4.25. The number of hydrogen-bond acceptors (Lipinski definition) is 2. The second kappa shape index (κ2) is 6.81. The van der Waals surface area contributed by atoms with Crippen molar-refractivity contribution < 1.29 is 0 Å². The number of rotatable bonds is 6. The van der Waals surface area contributed by atoms with Gasteiger partial charge < -0.3 is 9.88 Å². The van der Waals surface area contributed by atoms with Gasteiger partial charge in [-0.1, -0.05) is 33.1 Å². The molecule has 1 aromatic heterocycles. The molecule has 0 atom stereocenters. The highest BCUT2D eigenvalue weighted by atomic mass is 15.2. The lowest BCUT2D eigenvalue weighted by molar-refractivity contribution is 0.248. The Hall–Kier alpha value is -0.990. The summed E-state index contributed by atoms with van der Waals surface area (Å²) in [6.45, 7) is 6.67. The van der Waals surface area contributed by atoms with Crippen LogP contribution in [0.25, 0.3) is 0 Å². The van der Waals surface area contributed by atoms with Crippen molar-refractivity contribution in [1.29, 1.82) is 0 Å². The van der Waals surface area contributed by atoms with Gasteiger partial charge in [0.25, 0.3) is 0 Å². The van der Waals surface area contributed by atoms with Gasteiger partial charge in [0.05, 0.1) is 0 Å². The monoisotopic (exact) mass is 249 g/mol.